The Bertz CT molecular complexity index is 1990. The van der Waals surface area contributed by atoms with Gasteiger partial charge in [0.25, 0.3) is 0 Å². The predicted molar refractivity (Wildman–Crippen MR) is 223 cm³/mol. The van der Waals surface area contributed by atoms with Crippen LogP contribution in [0.5, 0.6) is 0 Å². The van der Waals surface area contributed by atoms with Crippen LogP contribution in [-0.2, 0) is 32.7 Å². The van der Waals surface area contributed by atoms with Crippen LogP contribution in [0.1, 0.15) is 71.4 Å². The molecule has 4 aromatic carbocycles. The number of hydrogen-bond acceptors (Lipinski definition) is 2. The van der Waals surface area contributed by atoms with E-state index in [9.17, 15) is 0 Å². The number of likely N-dealkylation sites (N-methyl/N-ethyl adjacent to an activating group) is 1. The van der Waals surface area contributed by atoms with E-state index in [1.165, 1.54) is 98.4 Å². The van der Waals surface area contributed by atoms with Gasteiger partial charge in [-0.2, -0.15) is 0 Å². The number of hydrogen-bond donors (Lipinski definition) is 2. The van der Waals surface area contributed by atoms with Crippen LogP contribution in [0.15, 0.2) is 106 Å². The number of nitrogens with one attached hydrogen (secondary N) is 2. The van der Waals surface area contributed by atoms with Crippen molar-refractivity contribution in [1.29, 1.82) is 0 Å². The first-order valence-corrected chi connectivity index (χ1v) is 19.1. The maximum Gasteiger partial charge on any atom is 0.0498 e. The van der Waals surface area contributed by atoms with Crippen molar-refractivity contribution in [2.45, 2.75) is 63.5 Å². The molecule has 50 heavy (non-hydrogen) atoms. The van der Waals surface area contributed by atoms with Crippen LogP contribution < -0.4 is 5.32 Å². The van der Waals surface area contributed by atoms with Gasteiger partial charge in [0.1, 0.15) is 0 Å². The van der Waals surface area contributed by atoms with Crippen molar-refractivity contribution >= 4 is 78.5 Å². The minimum atomic E-state index is 0. The van der Waals surface area contributed by atoms with Gasteiger partial charge in [-0.15, -0.1) is 24.8 Å². The van der Waals surface area contributed by atoms with E-state index >= 15 is 0 Å². The van der Waals surface area contributed by atoms with Crippen LogP contribution in [0, 0.1) is 0 Å². The molecule has 264 valence electrons. The second kappa shape index (κ2) is 17.8. The molecular weight excluding hydrogens is 791 g/mol. The van der Waals surface area contributed by atoms with Gasteiger partial charge in [0, 0.05) is 67.8 Å². The number of nitrogens with zero attached hydrogens (tertiary/aromatic N) is 2. The molecule has 2 N–H and O–H groups in total. The first-order chi connectivity index (χ1) is 23.5. The molecule has 0 saturated heterocycles. The van der Waals surface area contributed by atoms with E-state index in [0.717, 1.165) is 30.4 Å². The molecule has 2 heterocycles. The van der Waals surface area contributed by atoms with Crippen molar-refractivity contribution in [2.24, 2.45) is 7.05 Å². The van der Waals surface area contributed by atoms with Crippen molar-refractivity contribution in [3.05, 3.63) is 140 Å². The summed E-state index contributed by atoms with van der Waals surface area (Å²) in [5.74, 6) is 0. The highest BCUT2D eigenvalue weighted by molar-refractivity contribution is 9.10. The number of aromatic amines is 1. The largest absolute Gasteiger partial charge is 0.357 e. The van der Waals surface area contributed by atoms with E-state index in [1.54, 1.807) is 0 Å². The molecule has 0 radical (unpaired) electrons. The van der Waals surface area contributed by atoms with Crippen molar-refractivity contribution in [2.75, 3.05) is 20.1 Å². The fourth-order valence-corrected chi connectivity index (χ4v) is 8.75. The van der Waals surface area contributed by atoms with Crippen LogP contribution in [0.25, 0.3) is 21.8 Å². The van der Waals surface area contributed by atoms with Crippen LogP contribution in [0.2, 0.25) is 0 Å². The molecule has 0 saturated carbocycles. The molecule has 2 aromatic heterocycles. The lowest BCUT2D eigenvalue weighted by atomic mass is 9.91. The predicted octanol–water partition coefficient (Wildman–Crippen LogP) is 11.5. The fraction of sp³-hybridized carbons (Fsp3) is 0.333. The molecule has 2 aliphatic rings. The van der Waals surface area contributed by atoms with E-state index in [-0.39, 0.29) is 24.8 Å². The van der Waals surface area contributed by atoms with E-state index in [4.69, 9.17) is 0 Å². The SMILES string of the molecule is CN(CCc1ccccc1)C1CCCc2c1[nH]c1ccc(Br)cc21.Cl.Cl.Cn1c2c(c3cc(Br)ccc31)CCCC2NCCc1ccccc1. The van der Waals surface area contributed by atoms with Crippen molar-refractivity contribution < 1.29 is 0 Å². The number of fused-ring (bicyclic) bond motifs is 6. The van der Waals surface area contributed by atoms with E-state index in [2.05, 4.69) is 163 Å². The minimum absolute atomic E-state index is 0. The Balaban J connectivity index is 0.000000187. The van der Waals surface area contributed by atoms with E-state index < -0.39 is 0 Å². The average Bonchev–Trinajstić information content (AvgIpc) is 3.63. The quantitative estimate of drug-likeness (QED) is 0.160. The maximum absolute atomic E-state index is 3.81. The summed E-state index contributed by atoms with van der Waals surface area (Å²) in [5, 5.41) is 6.61. The first kappa shape index (κ1) is 38.6. The topological polar surface area (TPSA) is 36.0 Å². The van der Waals surface area contributed by atoms with Crippen molar-refractivity contribution in [1.82, 2.24) is 19.8 Å². The number of aromatic nitrogens is 2. The van der Waals surface area contributed by atoms with Gasteiger partial charge in [-0.05, 0) is 124 Å². The standard InChI is InChI=1S/2C21H23BrN2.2ClH/c1-24(13-12-15-6-3-2-4-7-15)20-9-5-8-17-18-14-16(22)10-11-19(18)23-21(17)20;1-24-20-11-10-16(22)14-18(20)17-8-5-9-19(21(17)24)23-13-12-15-6-3-2-4-7-15;;/h2-4,6-7,10-11,14,20,23H,5,8-9,12-13H2,1H3;2-4,6-7,10-11,14,19,23H,5,8-9,12-13H2,1H3;2*1H. The van der Waals surface area contributed by atoms with E-state index in [0.29, 0.717) is 12.1 Å². The van der Waals surface area contributed by atoms with Crippen LogP contribution >= 0.6 is 56.7 Å². The van der Waals surface area contributed by atoms with Crippen LogP contribution in [-0.4, -0.2) is 34.6 Å². The third-order valence-electron chi connectivity index (χ3n) is 10.5. The van der Waals surface area contributed by atoms with Gasteiger partial charge in [0.2, 0.25) is 0 Å². The van der Waals surface area contributed by atoms with Gasteiger partial charge in [0.05, 0.1) is 0 Å². The number of rotatable bonds is 8. The summed E-state index contributed by atoms with van der Waals surface area (Å²) in [6.45, 7) is 2.12. The summed E-state index contributed by atoms with van der Waals surface area (Å²) in [6.07, 6.45) is 9.58. The third-order valence-corrected chi connectivity index (χ3v) is 11.5. The molecule has 2 unspecified atom stereocenters. The summed E-state index contributed by atoms with van der Waals surface area (Å²) < 4.78 is 4.73. The van der Waals surface area contributed by atoms with Gasteiger partial charge < -0.3 is 14.9 Å². The molecule has 0 bridgehead atoms. The highest BCUT2D eigenvalue weighted by Gasteiger charge is 2.28. The Morgan fingerprint density at radius 3 is 2.10 bits per heavy atom. The Morgan fingerprint density at radius 1 is 0.760 bits per heavy atom. The Labute approximate surface area is 326 Å². The molecule has 8 rings (SSSR count). The maximum atomic E-state index is 3.81. The highest BCUT2D eigenvalue weighted by atomic mass is 79.9. The second-order valence-electron chi connectivity index (χ2n) is 13.6. The molecule has 6 aromatic rings. The lowest BCUT2D eigenvalue weighted by molar-refractivity contribution is 0.220. The molecule has 4 nitrogen and oxygen atoms in total. The minimum Gasteiger partial charge on any atom is -0.357 e. The molecule has 0 fully saturated rings. The molecule has 2 atom stereocenters. The summed E-state index contributed by atoms with van der Waals surface area (Å²) in [4.78, 5) is 6.23. The van der Waals surface area contributed by atoms with E-state index in [1.807, 2.05) is 0 Å². The fourth-order valence-electron chi connectivity index (χ4n) is 8.03. The number of benzene rings is 4. The normalized spacial score (nSPS) is 16.6. The summed E-state index contributed by atoms with van der Waals surface area (Å²) in [6, 6.07) is 35.7. The van der Waals surface area contributed by atoms with Crippen LogP contribution in [0.3, 0.4) is 0 Å². The Kier molecular flexibility index (Phi) is 13.7. The molecular formula is C42H48Br2Cl2N4. The summed E-state index contributed by atoms with van der Waals surface area (Å²) in [7, 11) is 4.48. The molecule has 0 aliphatic heterocycles. The zero-order valence-corrected chi connectivity index (χ0v) is 33.7. The first-order valence-electron chi connectivity index (χ1n) is 17.5. The molecule has 2 aliphatic carbocycles. The Hall–Kier alpha value is -2.58. The smallest absolute Gasteiger partial charge is 0.0498 e. The summed E-state index contributed by atoms with van der Waals surface area (Å²) in [5.41, 5.74) is 11.4. The molecule has 0 spiro atoms. The summed E-state index contributed by atoms with van der Waals surface area (Å²) >= 11 is 7.24. The van der Waals surface area contributed by atoms with Crippen molar-refractivity contribution in [3.8, 4) is 0 Å². The average molecular weight is 840 g/mol. The van der Waals surface area contributed by atoms with Crippen LogP contribution in [0.4, 0.5) is 0 Å². The monoisotopic (exact) mass is 836 g/mol. The van der Waals surface area contributed by atoms with Gasteiger partial charge in [0.15, 0.2) is 0 Å². The van der Waals surface area contributed by atoms with Crippen molar-refractivity contribution in [3.63, 3.8) is 0 Å². The van der Waals surface area contributed by atoms with Gasteiger partial charge >= 0.3 is 0 Å². The third kappa shape index (κ3) is 8.54. The number of aryl methyl sites for hydroxylation is 3. The second-order valence-corrected chi connectivity index (χ2v) is 15.4. The Morgan fingerprint density at radius 2 is 1.38 bits per heavy atom. The highest BCUT2D eigenvalue weighted by Crippen LogP contribution is 2.39. The lowest BCUT2D eigenvalue weighted by Crippen LogP contribution is -2.29. The zero-order chi connectivity index (χ0) is 33.0. The van der Waals surface area contributed by atoms with Gasteiger partial charge in [-0.25, -0.2) is 0 Å². The zero-order valence-electron chi connectivity index (χ0n) is 28.9. The molecule has 8 heteroatoms. The van der Waals surface area contributed by atoms with Gasteiger partial charge in [-0.3, -0.25) is 4.90 Å². The number of H-pyrrole nitrogens is 1. The van der Waals surface area contributed by atoms with Gasteiger partial charge in [-0.1, -0.05) is 92.5 Å². The lowest BCUT2D eigenvalue weighted by Gasteiger charge is -2.31. The molecule has 0 amide bonds. The number of halogens is 4.